The summed E-state index contributed by atoms with van der Waals surface area (Å²) >= 11 is 0. The first-order valence-electron chi connectivity index (χ1n) is 8.12. The van der Waals surface area contributed by atoms with E-state index in [9.17, 15) is 4.79 Å². The summed E-state index contributed by atoms with van der Waals surface area (Å²) in [6.07, 6.45) is 10.7. The molecular formula is C20H21NO3. The highest BCUT2D eigenvalue weighted by Crippen LogP contribution is 2.30. The van der Waals surface area contributed by atoms with Gasteiger partial charge in [0, 0.05) is 23.7 Å². The Morgan fingerprint density at radius 1 is 1.21 bits per heavy atom. The van der Waals surface area contributed by atoms with E-state index in [4.69, 9.17) is 9.47 Å². The minimum absolute atomic E-state index is 0.0791. The second-order valence-electron chi connectivity index (χ2n) is 5.65. The first-order valence-corrected chi connectivity index (χ1v) is 8.12. The average Bonchev–Trinajstić information content (AvgIpc) is 3.21. The second-order valence-corrected chi connectivity index (χ2v) is 5.65. The minimum atomic E-state index is -0.0791. The molecule has 0 aliphatic heterocycles. The fourth-order valence-electron chi connectivity index (χ4n) is 2.74. The predicted molar refractivity (Wildman–Crippen MR) is 94.0 cm³/mol. The zero-order valence-electron chi connectivity index (χ0n) is 14.0. The molecule has 4 heteroatoms. The topological polar surface area (TPSA) is 47.6 Å². The third kappa shape index (κ3) is 3.27. The Bertz CT molecular complexity index is 769. The first kappa shape index (κ1) is 16.1. The van der Waals surface area contributed by atoms with E-state index in [1.165, 1.54) is 0 Å². The van der Waals surface area contributed by atoms with Crippen LogP contribution in [0.1, 0.15) is 18.9 Å². The summed E-state index contributed by atoms with van der Waals surface area (Å²) in [7, 11) is 1.62. The highest BCUT2D eigenvalue weighted by molar-refractivity contribution is 6.00. The summed E-state index contributed by atoms with van der Waals surface area (Å²) in [6.45, 7) is 3.14. The molecule has 1 aromatic carbocycles. The zero-order chi connectivity index (χ0) is 16.9. The van der Waals surface area contributed by atoms with Crippen LogP contribution in [0.25, 0.3) is 0 Å². The van der Waals surface area contributed by atoms with Crippen molar-refractivity contribution < 1.29 is 14.3 Å². The lowest BCUT2D eigenvalue weighted by molar-refractivity contribution is -0.117. The van der Waals surface area contributed by atoms with E-state index < -0.39 is 0 Å². The Hall–Kier alpha value is -2.75. The van der Waals surface area contributed by atoms with Crippen molar-refractivity contribution in [3.05, 3.63) is 70.9 Å². The molecule has 1 aromatic rings. The highest BCUT2D eigenvalue weighted by Gasteiger charge is 2.20. The Morgan fingerprint density at radius 2 is 2.08 bits per heavy atom. The van der Waals surface area contributed by atoms with E-state index in [1.54, 1.807) is 7.11 Å². The number of allylic oxidation sites excluding steroid dienone is 6. The summed E-state index contributed by atoms with van der Waals surface area (Å²) in [4.78, 5) is 12.4. The predicted octanol–water partition coefficient (Wildman–Crippen LogP) is 3.46. The van der Waals surface area contributed by atoms with E-state index in [-0.39, 0.29) is 5.91 Å². The van der Waals surface area contributed by atoms with Gasteiger partial charge in [-0.1, -0.05) is 31.2 Å². The van der Waals surface area contributed by atoms with Crippen molar-refractivity contribution in [2.75, 3.05) is 13.7 Å². The lowest BCUT2D eigenvalue weighted by Crippen LogP contribution is -2.24. The summed E-state index contributed by atoms with van der Waals surface area (Å²) < 4.78 is 11.0. The second kappa shape index (κ2) is 7.21. The number of carbonyl (C=O) groups excluding carboxylic acids is 1. The van der Waals surface area contributed by atoms with Gasteiger partial charge in [0.05, 0.1) is 13.7 Å². The van der Waals surface area contributed by atoms with Crippen molar-refractivity contribution in [2.45, 2.75) is 19.9 Å². The molecule has 0 heterocycles. The van der Waals surface area contributed by atoms with E-state index in [0.717, 1.165) is 28.9 Å². The van der Waals surface area contributed by atoms with Gasteiger partial charge in [-0.2, -0.15) is 0 Å². The van der Waals surface area contributed by atoms with E-state index in [1.807, 2.05) is 48.6 Å². The molecule has 2 aliphatic carbocycles. The van der Waals surface area contributed by atoms with Crippen molar-refractivity contribution in [3.8, 4) is 11.5 Å². The van der Waals surface area contributed by atoms with Crippen LogP contribution in [0.2, 0.25) is 0 Å². The maximum atomic E-state index is 12.4. The molecule has 3 rings (SSSR count). The molecule has 124 valence electrons. The fraction of sp³-hybridized carbons (Fsp3) is 0.250. The Morgan fingerprint density at radius 3 is 2.88 bits per heavy atom. The molecule has 0 saturated carbocycles. The van der Waals surface area contributed by atoms with Crippen LogP contribution < -0.4 is 14.8 Å². The molecule has 0 unspecified atom stereocenters. The van der Waals surface area contributed by atoms with Crippen LogP contribution >= 0.6 is 0 Å². The zero-order valence-corrected chi connectivity index (χ0v) is 14.0. The molecule has 0 spiro atoms. The Labute approximate surface area is 142 Å². The van der Waals surface area contributed by atoms with Crippen LogP contribution in [0.15, 0.2) is 65.3 Å². The van der Waals surface area contributed by atoms with Crippen molar-refractivity contribution in [2.24, 2.45) is 0 Å². The number of fused-ring (bicyclic) bond motifs is 1. The van der Waals surface area contributed by atoms with E-state index in [2.05, 4.69) is 12.2 Å². The van der Waals surface area contributed by atoms with Gasteiger partial charge in [-0.3, -0.25) is 4.79 Å². The molecule has 0 atom stereocenters. The van der Waals surface area contributed by atoms with Crippen LogP contribution in [-0.2, 0) is 11.3 Å². The van der Waals surface area contributed by atoms with Crippen LogP contribution in [0.4, 0.5) is 0 Å². The van der Waals surface area contributed by atoms with Gasteiger partial charge in [0.1, 0.15) is 11.5 Å². The highest BCUT2D eigenvalue weighted by atomic mass is 16.5. The van der Waals surface area contributed by atoms with Crippen LogP contribution in [-0.4, -0.2) is 19.6 Å². The van der Waals surface area contributed by atoms with E-state index in [0.29, 0.717) is 24.5 Å². The molecule has 1 N–H and O–H groups in total. The first-order chi connectivity index (χ1) is 11.7. The number of rotatable bonds is 7. The van der Waals surface area contributed by atoms with Crippen molar-refractivity contribution in [1.29, 1.82) is 0 Å². The van der Waals surface area contributed by atoms with Crippen molar-refractivity contribution >= 4 is 5.91 Å². The van der Waals surface area contributed by atoms with Gasteiger partial charge in [0.25, 0.3) is 5.91 Å². The maximum absolute atomic E-state index is 12.4. The standard InChI is InChI=1S/C20H21NO3/c1-3-11-24-16-9-7-15(19(12-16)23-2)13-21-20(22)18-10-8-14-5-4-6-17(14)18/h4-10,12H,3,11,13H2,1-2H3,(H,21,22). The molecule has 24 heavy (non-hydrogen) atoms. The third-order valence-electron chi connectivity index (χ3n) is 3.98. The normalized spacial score (nSPS) is 14.7. The quantitative estimate of drug-likeness (QED) is 0.836. The molecule has 1 amide bonds. The fourth-order valence-corrected chi connectivity index (χ4v) is 2.74. The lowest BCUT2D eigenvalue weighted by atomic mass is 10.1. The largest absolute Gasteiger partial charge is 0.496 e. The molecule has 0 bridgehead atoms. The molecular weight excluding hydrogens is 302 g/mol. The smallest absolute Gasteiger partial charge is 0.252 e. The number of benzene rings is 1. The summed E-state index contributed by atoms with van der Waals surface area (Å²) in [5, 5.41) is 2.96. The molecule has 0 saturated heterocycles. The summed E-state index contributed by atoms with van der Waals surface area (Å²) in [6, 6.07) is 5.68. The SMILES string of the molecule is CCCOc1ccc(CNC(=O)C2=C3C=CC=C3C=C2)c(OC)c1. The van der Waals surface area contributed by atoms with Gasteiger partial charge >= 0.3 is 0 Å². The van der Waals surface area contributed by atoms with Gasteiger partial charge in [-0.05, 0) is 35.8 Å². The molecule has 0 fully saturated rings. The van der Waals surface area contributed by atoms with Gasteiger partial charge in [0.15, 0.2) is 0 Å². The Balaban J connectivity index is 1.67. The Kier molecular flexibility index (Phi) is 4.85. The van der Waals surface area contributed by atoms with Crippen LogP contribution in [0.3, 0.4) is 0 Å². The monoisotopic (exact) mass is 323 g/mol. The van der Waals surface area contributed by atoms with Gasteiger partial charge in [-0.15, -0.1) is 0 Å². The number of methoxy groups -OCH3 is 1. The number of hydrogen-bond acceptors (Lipinski definition) is 3. The van der Waals surface area contributed by atoms with E-state index >= 15 is 0 Å². The third-order valence-corrected chi connectivity index (χ3v) is 3.98. The lowest BCUT2D eigenvalue weighted by Gasteiger charge is -2.12. The van der Waals surface area contributed by atoms with Gasteiger partial charge in [0.2, 0.25) is 0 Å². The maximum Gasteiger partial charge on any atom is 0.252 e. The van der Waals surface area contributed by atoms with Gasteiger partial charge < -0.3 is 14.8 Å². The van der Waals surface area contributed by atoms with Crippen molar-refractivity contribution in [1.82, 2.24) is 5.32 Å². The molecule has 2 aliphatic rings. The summed E-state index contributed by atoms with van der Waals surface area (Å²) in [5.74, 6) is 1.41. The minimum Gasteiger partial charge on any atom is -0.496 e. The summed E-state index contributed by atoms with van der Waals surface area (Å²) in [5.41, 5.74) is 3.70. The van der Waals surface area contributed by atoms with Crippen LogP contribution in [0.5, 0.6) is 11.5 Å². The number of ether oxygens (including phenoxy) is 2. The average molecular weight is 323 g/mol. The number of hydrogen-bond donors (Lipinski definition) is 1. The number of carbonyl (C=O) groups is 1. The number of amides is 1. The number of nitrogens with one attached hydrogen (secondary N) is 1. The van der Waals surface area contributed by atoms with Crippen LogP contribution in [0, 0.1) is 0 Å². The molecule has 0 radical (unpaired) electrons. The molecule has 0 aromatic heterocycles. The van der Waals surface area contributed by atoms with Gasteiger partial charge in [-0.25, -0.2) is 0 Å². The van der Waals surface area contributed by atoms with Crippen molar-refractivity contribution in [3.63, 3.8) is 0 Å². The molecule has 4 nitrogen and oxygen atoms in total.